The first kappa shape index (κ1) is 31.4. The molecule has 10 nitrogen and oxygen atoms in total. The lowest BCUT2D eigenvalue weighted by molar-refractivity contribution is -0.117. The highest BCUT2D eigenvalue weighted by atomic mass is 16.6. The highest BCUT2D eigenvalue weighted by molar-refractivity contribution is 6.05. The van der Waals surface area contributed by atoms with E-state index < -0.39 is 24.0 Å². The second kappa shape index (κ2) is 14.6. The fraction of sp³-hybridized carbons (Fsp3) is 0.303. The molecule has 0 spiro atoms. The molecule has 0 bridgehead atoms. The molecule has 2 N–H and O–H groups in total. The first-order valence-corrected chi connectivity index (χ1v) is 13.8. The predicted octanol–water partition coefficient (Wildman–Crippen LogP) is 3.62. The lowest BCUT2D eigenvalue weighted by atomic mass is 9.80. The van der Waals surface area contributed by atoms with Crippen LogP contribution in [0.1, 0.15) is 30.0 Å². The van der Waals surface area contributed by atoms with Gasteiger partial charge in [-0.05, 0) is 47.0 Å². The van der Waals surface area contributed by atoms with E-state index in [0.717, 1.165) is 16.7 Å². The molecule has 1 aliphatic rings. The van der Waals surface area contributed by atoms with Crippen LogP contribution in [-0.4, -0.2) is 74.5 Å². The van der Waals surface area contributed by atoms with Gasteiger partial charge in [0.1, 0.15) is 35.3 Å². The first-order chi connectivity index (χ1) is 20.8. The molecule has 0 aliphatic carbocycles. The molecule has 3 unspecified atom stereocenters. The number of hydrogen-bond donors (Lipinski definition) is 2. The molecule has 1 aliphatic heterocycles. The van der Waals surface area contributed by atoms with E-state index in [2.05, 4.69) is 10.3 Å². The minimum atomic E-state index is -1.05. The number of rotatable bonds is 12. The van der Waals surface area contributed by atoms with Crippen LogP contribution in [0.15, 0.2) is 96.1 Å². The summed E-state index contributed by atoms with van der Waals surface area (Å²) in [6.07, 6.45) is 1.86. The molecule has 3 aromatic rings. The maximum atomic E-state index is 11.4. The van der Waals surface area contributed by atoms with Gasteiger partial charge in [-0.2, -0.15) is 4.99 Å². The fourth-order valence-corrected chi connectivity index (χ4v) is 5.04. The van der Waals surface area contributed by atoms with Crippen LogP contribution < -0.4 is 14.8 Å². The highest BCUT2D eigenvalue weighted by Gasteiger charge is 2.42. The van der Waals surface area contributed by atoms with Crippen molar-refractivity contribution in [3.05, 3.63) is 108 Å². The Bertz CT molecular complexity index is 1360. The summed E-state index contributed by atoms with van der Waals surface area (Å²) < 4.78 is 24.0. The smallest absolute Gasteiger partial charge is 0.234 e. The average Bonchev–Trinajstić information content (AvgIpc) is 3.41. The number of aliphatic hydroxyl groups excluding tert-OH is 1. The number of aliphatic hydroxyl groups is 1. The van der Waals surface area contributed by atoms with Crippen LogP contribution >= 0.6 is 0 Å². The lowest BCUT2D eigenvalue weighted by Crippen LogP contribution is -2.38. The number of nitrogens with one attached hydrogen (secondary N) is 1. The van der Waals surface area contributed by atoms with Crippen LogP contribution in [0.3, 0.4) is 0 Å². The minimum absolute atomic E-state index is 0.0753. The van der Waals surface area contributed by atoms with Crippen LogP contribution in [0.2, 0.25) is 0 Å². The van der Waals surface area contributed by atoms with Gasteiger partial charge in [0, 0.05) is 26.6 Å². The summed E-state index contributed by atoms with van der Waals surface area (Å²) in [5, 5.41) is 13.5. The molecule has 1 heterocycles. The number of carbonyl (C=O) groups excluding carboxylic acids is 2. The molecule has 1 saturated heterocycles. The standard InChI is InChI=1S/C33H37N3O7/c1-23(38)35-31(34-22-37)18-19-36(2)32-20-29(39)30(43-32)21-42-33(24-8-6-5-7-9-24,25-10-14-27(40-3)15-11-25)26-12-16-28(41-4)17-13-26/h5-19,22,29-30,32,39H,20-21H2,1-4H3,(H,34,35,37,38)/b19-18-. The molecule has 4 rings (SSSR count). The van der Waals surface area contributed by atoms with Crippen molar-refractivity contribution < 1.29 is 33.6 Å². The van der Waals surface area contributed by atoms with Crippen LogP contribution in [-0.2, 0) is 24.7 Å². The Labute approximate surface area is 251 Å². The summed E-state index contributed by atoms with van der Waals surface area (Å²) in [4.78, 5) is 27.6. The van der Waals surface area contributed by atoms with Crippen LogP contribution in [0.5, 0.6) is 11.5 Å². The zero-order valence-electron chi connectivity index (χ0n) is 24.7. The van der Waals surface area contributed by atoms with Crippen LogP contribution in [0, 0.1) is 0 Å². The maximum absolute atomic E-state index is 11.4. The molecule has 3 atom stereocenters. The van der Waals surface area contributed by atoms with Gasteiger partial charge in [0.05, 0.1) is 26.9 Å². The number of benzene rings is 3. The second-order valence-electron chi connectivity index (χ2n) is 10.0. The van der Waals surface area contributed by atoms with Crippen LogP contribution in [0.4, 0.5) is 0 Å². The number of amidine groups is 1. The van der Waals surface area contributed by atoms with Crippen molar-refractivity contribution in [3.63, 3.8) is 0 Å². The largest absolute Gasteiger partial charge is 0.497 e. The Balaban J connectivity index is 1.63. The van der Waals surface area contributed by atoms with Gasteiger partial charge in [-0.3, -0.25) is 9.59 Å². The Morgan fingerprint density at radius 1 is 1.00 bits per heavy atom. The normalized spacial score (nSPS) is 18.8. The summed E-state index contributed by atoms with van der Waals surface area (Å²) in [6.45, 7) is 1.40. The molecule has 43 heavy (non-hydrogen) atoms. The van der Waals surface area contributed by atoms with E-state index in [9.17, 15) is 14.7 Å². The predicted molar refractivity (Wildman–Crippen MR) is 162 cm³/mol. The van der Waals surface area contributed by atoms with E-state index in [0.29, 0.717) is 24.3 Å². The molecule has 226 valence electrons. The molecule has 0 aromatic heterocycles. The summed E-state index contributed by atoms with van der Waals surface area (Å²) in [5.74, 6) is 1.18. The van der Waals surface area contributed by atoms with E-state index in [1.54, 1.807) is 32.4 Å². The van der Waals surface area contributed by atoms with Crippen molar-refractivity contribution >= 4 is 18.2 Å². The number of amides is 2. The number of hydrogen-bond acceptors (Lipinski definition) is 8. The molecule has 0 saturated carbocycles. The Kier molecular flexibility index (Phi) is 10.7. The number of ether oxygens (including phenoxy) is 4. The summed E-state index contributed by atoms with van der Waals surface area (Å²) in [6, 6.07) is 25.3. The van der Waals surface area contributed by atoms with Gasteiger partial charge in [-0.1, -0.05) is 54.6 Å². The fourth-order valence-electron chi connectivity index (χ4n) is 5.04. The Hall–Kier alpha value is -4.51. The van der Waals surface area contributed by atoms with Gasteiger partial charge in [0.2, 0.25) is 12.3 Å². The van der Waals surface area contributed by atoms with Crippen molar-refractivity contribution in [3.8, 4) is 11.5 Å². The summed E-state index contributed by atoms with van der Waals surface area (Å²) in [5.41, 5.74) is 1.59. The molecule has 0 radical (unpaired) electrons. The third-order valence-electron chi connectivity index (χ3n) is 7.26. The number of carbonyl (C=O) groups is 2. The molecule has 10 heteroatoms. The van der Waals surface area contributed by atoms with Gasteiger partial charge in [-0.25, -0.2) is 0 Å². The van der Waals surface area contributed by atoms with Gasteiger partial charge in [-0.15, -0.1) is 0 Å². The van der Waals surface area contributed by atoms with Crippen molar-refractivity contribution in [2.75, 3.05) is 27.9 Å². The molecular weight excluding hydrogens is 550 g/mol. The van der Waals surface area contributed by atoms with Crippen LogP contribution in [0.25, 0.3) is 0 Å². The lowest BCUT2D eigenvalue weighted by Gasteiger charge is -2.37. The van der Waals surface area contributed by atoms with Gasteiger partial charge < -0.3 is 34.3 Å². The number of aliphatic imine (C=N–C) groups is 1. The maximum Gasteiger partial charge on any atom is 0.234 e. The van der Waals surface area contributed by atoms with Crippen molar-refractivity contribution in [1.82, 2.24) is 10.2 Å². The van der Waals surface area contributed by atoms with E-state index >= 15 is 0 Å². The Morgan fingerprint density at radius 3 is 2.07 bits per heavy atom. The number of nitrogens with zero attached hydrogens (tertiary/aromatic N) is 2. The molecule has 1 fully saturated rings. The molecule has 3 aromatic carbocycles. The minimum Gasteiger partial charge on any atom is -0.497 e. The molecular formula is C33H37N3O7. The third-order valence-corrected chi connectivity index (χ3v) is 7.26. The van der Waals surface area contributed by atoms with E-state index in [4.69, 9.17) is 18.9 Å². The zero-order chi connectivity index (χ0) is 30.8. The molecule has 2 amide bonds. The Morgan fingerprint density at radius 2 is 1.56 bits per heavy atom. The highest BCUT2D eigenvalue weighted by Crippen LogP contribution is 2.42. The van der Waals surface area contributed by atoms with E-state index in [-0.39, 0.29) is 18.3 Å². The van der Waals surface area contributed by atoms with Gasteiger partial charge >= 0.3 is 0 Å². The van der Waals surface area contributed by atoms with Crippen molar-refractivity contribution in [2.24, 2.45) is 4.99 Å². The third kappa shape index (κ3) is 7.47. The summed E-state index contributed by atoms with van der Waals surface area (Å²) >= 11 is 0. The summed E-state index contributed by atoms with van der Waals surface area (Å²) in [7, 11) is 5.01. The second-order valence-corrected chi connectivity index (χ2v) is 10.0. The number of methoxy groups -OCH3 is 2. The quantitative estimate of drug-likeness (QED) is 0.143. The van der Waals surface area contributed by atoms with E-state index in [1.807, 2.05) is 78.9 Å². The topological polar surface area (TPSA) is 119 Å². The average molecular weight is 588 g/mol. The first-order valence-electron chi connectivity index (χ1n) is 13.8. The van der Waals surface area contributed by atoms with Gasteiger partial charge in [0.25, 0.3) is 0 Å². The van der Waals surface area contributed by atoms with Crippen molar-refractivity contribution in [2.45, 2.75) is 37.4 Å². The van der Waals surface area contributed by atoms with Gasteiger partial charge in [0.15, 0.2) is 0 Å². The van der Waals surface area contributed by atoms with Crippen molar-refractivity contribution in [1.29, 1.82) is 0 Å². The SMILES string of the molecule is COc1ccc(C(OCC2OC(N(C)/C=C\C(=NC=O)NC(C)=O)CC2O)(c2ccccc2)c2ccc(OC)cc2)cc1. The zero-order valence-corrected chi connectivity index (χ0v) is 24.7. The monoisotopic (exact) mass is 587 g/mol. The van der Waals surface area contributed by atoms with E-state index in [1.165, 1.54) is 13.0 Å².